The van der Waals surface area contributed by atoms with Gasteiger partial charge in [0.15, 0.2) is 0 Å². The number of fused-ring (bicyclic) bond motifs is 6. The van der Waals surface area contributed by atoms with Crippen LogP contribution in [0.2, 0.25) is 0 Å². The van der Waals surface area contributed by atoms with Crippen LogP contribution in [0.1, 0.15) is 25.8 Å². The van der Waals surface area contributed by atoms with Crippen LogP contribution in [0.5, 0.6) is 0 Å². The number of aliphatic hydroxyl groups is 2. The Kier molecular flexibility index (Phi) is 8.28. The van der Waals surface area contributed by atoms with Gasteiger partial charge in [-0.3, -0.25) is 4.98 Å². The number of rotatable bonds is 3. The van der Waals surface area contributed by atoms with Crippen LogP contribution in [0.3, 0.4) is 0 Å². The number of aromatic nitrogens is 2. The molecule has 1 radical (unpaired) electrons. The number of aliphatic hydroxyl groups excluding tert-OH is 2. The smallest absolute Gasteiger partial charge is 0.0873 e. The van der Waals surface area contributed by atoms with Gasteiger partial charge < -0.3 is 15.2 Å². The second kappa shape index (κ2) is 11.0. The molecular formula is C28H27IrN2O2-. The van der Waals surface area contributed by atoms with Crippen LogP contribution < -0.4 is 0 Å². The van der Waals surface area contributed by atoms with Crippen LogP contribution in [0.4, 0.5) is 0 Å². The Morgan fingerprint density at radius 1 is 0.818 bits per heavy atom. The summed E-state index contributed by atoms with van der Waals surface area (Å²) >= 11 is 0. The van der Waals surface area contributed by atoms with E-state index in [0.29, 0.717) is 6.42 Å². The summed E-state index contributed by atoms with van der Waals surface area (Å²) in [5.41, 5.74) is 5.06. The minimum absolute atomic E-state index is 0. The average Bonchev–Trinajstić information content (AvgIpc) is 2.79. The molecule has 4 nitrogen and oxygen atoms in total. The van der Waals surface area contributed by atoms with Crippen LogP contribution in [-0.4, -0.2) is 32.4 Å². The summed E-state index contributed by atoms with van der Waals surface area (Å²) < 4.78 is 0. The van der Waals surface area contributed by atoms with Crippen molar-refractivity contribution in [3.63, 3.8) is 0 Å². The predicted octanol–water partition coefficient (Wildman–Crippen LogP) is 5.85. The standard InChI is InChI=1S/C23H15N2.C5H12O2.Ir/c1-15-10-12-16(13-11-15)21-14-24-22-19-8-4-2-6-17(19)18-7-3-5-9-20(18)23(22)25-21;1-4(6)3-5(2)7;/h2-7,9-14H,1H3;4-7H,3H2,1-2H3;/q-1;;. The third-order valence-corrected chi connectivity index (χ3v) is 5.37. The summed E-state index contributed by atoms with van der Waals surface area (Å²) in [6.07, 6.45) is 1.59. The molecule has 33 heavy (non-hydrogen) atoms. The molecule has 171 valence electrons. The van der Waals surface area contributed by atoms with Crippen LogP contribution in [0.25, 0.3) is 43.8 Å². The van der Waals surface area contributed by atoms with Crippen molar-refractivity contribution in [3.05, 3.63) is 84.6 Å². The van der Waals surface area contributed by atoms with Gasteiger partial charge in [-0.25, -0.2) is 0 Å². The zero-order valence-electron chi connectivity index (χ0n) is 18.9. The molecule has 1 aromatic heterocycles. The predicted molar refractivity (Wildman–Crippen MR) is 132 cm³/mol. The molecule has 2 unspecified atom stereocenters. The van der Waals surface area contributed by atoms with E-state index in [2.05, 4.69) is 67.6 Å². The molecule has 5 rings (SSSR count). The molecule has 0 spiro atoms. The second-order valence-corrected chi connectivity index (χ2v) is 8.26. The first-order valence-electron chi connectivity index (χ1n) is 10.8. The largest absolute Gasteiger partial charge is 0.393 e. The Balaban J connectivity index is 0.000000337. The summed E-state index contributed by atoms with van der Waals surface area (Å²) in [6, 6.07) is 26.2. The molecule has 0 aliphatic carbocycles. The second-order valence-electron chi connectivity index (χ2n) is 8.26. The van der Waals surface area contributed by atoms with Gasteiger partial charge in [0.1, 0.15) is 0 Å². The third kappa shape index (κ3) is 5.63. The van der Waals surface area contributed by atoms with Gasteiger partial charge in [0.25, 0.3) is 0 Å². The molecule has 2 N–H and O–H groups in total. The van der Waals surface area contributed by atoms with Crippen LogP contribution in [0.15, 0.2) is 72.9 Å². The summed E-state index contributed by atoms with van der Waals surface area (Å²) in [5, 5.41) is 21.6. The summed E-state index contributed by atoms with van der Waals surface area (Å²) in [6.45, 7) is 5.41. The van der Waals surface area contributed by atoms with Crippen molar-refractivity contribution in [1.29, 1.82) is 0 Å². The zero-order chi connectivity index (χ0) is 22.7. The van der Waals surface area contributed by atoms with Crippen LogP contribution >= 0.6 is 0 Å². The van der Waals surface area contributed by atoms with Gasteiger partial charge in [0, 0.05) is 37.4 Å². The van der Waals surface area contributed by atoms with E-state index < -0.39 is 0 Å². The molecule has 5 heteroatoms. The molecular weight excluding hydrogens is 589 g/mol. The first-order valence-corrected chi connectivity index (χ1v) is 10.8. The number of aryl methyl sites for hydroxylation is 1. The Labute approximate surface area is 207 Å². The summed E-state index contributed by atoms with van der Waals surface area (Å²) in [5.74, 6) is 0. The number of hydrogen-bond acceptors (Lipinski definition) is 4. The maximum absolute atomic E-state index is 8.56. The van der Waals surface area contributed by atoms with Crippen molar-refractivity contribution in [2.75, 3.05) is 0 Å². The van der Waals surface area contributed by atoms with E-state index in [-0.39, 0.29) is 32.3 Å². The molecule has 0 aliphatic heterocycles. The molecule has 0 amide bonds. The van der Waals surface area contributed by atoms with Crippen molar-refractivity contribution in [2.24, 2.45) is 0 Å². The van der Waals surface area contributed by atoms with E-state index in [1.807, 2.05) is 18.3 Å². The van der Waals surface area contributed by atoms with Crippen LogP contribution in [-0.2, 0) is 20.1 Å². The van der Waals surface area contributed by atoms with Crippen LogP contribution in [0, 0.1) is 13.0 Å². The summed E-state index contributed by atoms with van der Waals surface area (Å²) in [4.78, 5) is 9.74. The van der Waals surface area contributed by atoms with Gasteiger partial charge in [0.05, 0.1) is 23.4 Å². The third-order valence-electron chi connectivity index (χ3n) is 5.37. The van der Waals surface area contributed by atoms with E-state index in [0.717, 1.165) is 33.1 Å². The van der Waals surface area contributed by atoms with E-state index in [1.165, 1.54) is 16.3 Å². The van der Waals surface area contributed by atoms with E-state index in [1.54, 1.807) is 13.8 Å². The fourth-order valence-corrected chi connectivity index (χ4v) is 3.90. The van der Waals surface area contributed by atoms with Gasteiger partial charge in [-0.1, -0.05) is 64.9 Å². The molecule has 1 heterocycles. The fraction of sp³-hybridized carbons (Fsp3) is 0.214. The van der Waals surface area contributed by atoms with E-state index in [4.69, 9.17) is 20.2 Å². The number of hydrogen-bond donors (Lipinski definition) is 2. The number of nitrogens with zero attached hydrogens (tertiary/aromatic N) is 2. The fourth-order valence-electron chi connectivity index (χ4n) is 3.90. The summed E-state index contributed by atoms with van der Waals surface area (Å²) in [7, 11) is 0. The SMILES string of the molecule is CC(O)CC(C)O.Cc1ccc(-c2cnc3c4[c-]cccc4c4ccccc4c3n2)cc1.[Ir]. The molecule has 0 aliphatic rings. The van der Waals surface area contributed by atoms with Crippen molar-refractivity contribution < 1.29 is 30.3 Å². The number of benzene rings is 4. The van der Waals surface area contributed by atoms with Gasteiger partial charge >= 0.3 is 0 Å². The zero-order valence-corrected chi connectivity index (χ0v) is 21.3. The van der Waals surface area contributed by atoms with Gasteiger partial charge in [0.2, 0.25) is 0 Å². The Morgan fingerprint density at radius 3 is 2.09 bits per heavy atom. The van der Waals surface area contributed by atoms with Gasteiger partial charge in [-0.2, -0.15) is 0 Å². The molecule has 0 saturated heterocycles. The Morgan fingerprint density at radius 2 is 1.45 bits per heavy atom. The Hall–Kier alpha value is -2.69. The maximum Gasteiger partial charge on any atom is 0.0873 e. The molecule has 5 aromatic rings. The van der Waals surface area contributed by atoms with E-state index in [9.17, 15) is 0 Å². The normalized spacial score (nSPS) is 12.6. The topological polar surface area (TPSA) is 66.2 Å². The monoisotopic (exact) mass is 616 g/mol. The maximum atomic E-state index is 8.56. The molecule has 0 saturated carbocycles. The minimum Gasteiger partial charge on any atom is -0.393 e. The van der Waals surface area contributed by atoms with Crippen molar-refractivity contribution >= 4 is 32.6 Å². The van der Waals surface area contributed by atoms with Gasteiger partial charge in [-0.05, 0) is 32.6 Å². The Bertz CT molecular complexity index is 1320. The average molecular weight is 616 g/mol. The van der Waals surface area contributed by atoms with Crippen molar-refractivity contribution in [2.45, 2.75) is 39.4 Å². The first kappa shape index (κ1) is 24.9. The van der Waals surface area contributed by atoms with Gasteiger partial charge in [-0.15, -0.1) is 29.7 Å². The van der Waals surface area contributed by atoms with Crippen molar-refractivity contribution in [1.82, 2.24) is 9.97 Å². The first-order chi connectivity index (χ1) is 15.4. The molecule has 0 fully saturated rings. The van der Waals surface area contributed by atoms with E-state index >= 15 is 0 Å². The van der Waals surface area contributed by atoms with Crippen molar-refractivity contribution in [3.8, 4) is 11.3 Å². The molecule has 4 aromatic carbocycles. The molecule has 2 atom stereocenters. The molecule has 0 bridgehead atoms. The minimum atomic E-state index is -0.375. The quantitative estimate of drug-likeness (QED) is 0.198.